The Morgan fingerprint density at radius 3 is 2.62 bits per heavy atom. The Hall–Kier alpha value is -1.60. The van der Waals surface area contributed by atoms with Crippen LogP contribution in [0.2, 0.25) is 0 Å². The molecular formula is C17H25NO5S. The second kappa shape index (κ2) is 7.98. The lowest BCUT2D eigenvalue weighted by molar-refractivity contribution is -0.00686. The van der Waals surface area contributed by atoms with Crippen molar-refractivity contribution < 1.29 is 22.8 Å². The van der Waals surface area contributed by atoms with Crippen LogP contribution in [0.15, 0.2) is 24.3 Å². The quantitative estimate of drug-likeness (QED) is 0.446. The molecule has 1 amide bonds. The van der Waals surface area contributed by atoms with Crippen LogP contribution in [-0.2, 0) is 26.7 Å². The highest BCUT2D eigenvalue weighted by Crippen LogP contribution is 2.43. The first-order valence-corrected chi connectivity index (χ1v) is 9.34. The van der Waals surface area contributed by atoms with Crippen molar-refractivity contribution in [2.24, 2.45) is 5.92 Å². The van der Waals surface area contributed by atoms with Gasteiger partial charge in [0.25, 0.3) is 0 Å². The van der Waals surface area contributed by atoms with E-state index in [0.717, 1.165) is 24.0 Å². The summed E-state index contributed by atoms with van der Waals surface area (Å²) in [4.78, 5) is 16.6. The molecule has 1 fully saturated rings. The molecule has 0 heterocycles. The molecule has 24 heavy (non-hydrogen) atoms. The molecule has 0 aliphatic heterocycles. The second-order valence-corrected chi connectivity index (χ2v) is 8.14. The first kappa shape index (κ1) is 18.7. The maximum Gasteiger partial charge on any atom is 0.431 e. The first-order chi connectivity index (χ1) is 11.3. The van der Waals surface area contributed by atoms with Gasteiger partial charge < -0.3 is 4.74 Å². The van der Waals surface area contributed by atoms with Gasteiger partial charge in [-0.2, -0.15) is 5.48 Å². The molecule has 134 valence electrons. The van der Waals surface area contributed by atoms with Crippen molar-refractivity contribution in [2.75, 3.05) is 6.61 Å². The molecule has 1 aromatic carbocycles. The Kier molecular flexibility index (Phi) is 6.23. The Bertz CT molecular complexity index is 639. The predicted molar refractivity (Wildman–Crippen MR) is 91.2 cm³/mol. The van der Waals surface area contributed by atoms with Gasteiger partial charge in [-0.3, -0.25) is 4.84 Å². The van der Waals surface area contributed by atoms with Gasteiger partial charge in [-0.25, -0.2) is 13.2 Å². The van der Waals surface area contributed by atoms with Crippen molar-refractivity contribution in [3.8, 4) is 0 Å². The van der Waals surface area contributed by atoms with Gasteiger partial charge in [0.2, 0.25) is 0 Å². The van der Waals surface area contributed by atoms with Gasteiger partial charge in [-0.1, -0.05) is 24.3 Å². The highest BCUT2D eigenvalue weighted by Gasteiger charge is 2.34. The van der Waals surface area contributed by atoms with Crippen molar-refractivity contribution in [3.63, 3.8) is 0 Å². The fourth-order valence-corrected chi connectivity index (χ4v) is 3.53. The van der Waals surface area contributed by atoms with E-state index in [4.69, 9.17) is 9.57 Å². The highest BCUT2D eigenvalue weighted by molar-refractivity contribution is 7.72. The zero-order valence-electron chi connectivity index (χ0n) is 14.3. The third kappa shape index (κ3) is 6.13. The number of benzene rings is 1. The monoisotopic (exact) mass is 355 g/mol. The van der Waals surface area contributed by atoms with E-state index in [1.807, 2.05) is 24.3 Å². The lowest BCUT2D eigenvalue weighted by Gasteiger charge is -2.19. The molecule has 0 radical (unpaired) electrons. The molecule has 1 N–H and O–H groups in total. The summed E-state index contributed by atoms with van der Waals surface area (Å²) in [6.07, 6.45) is 1.88. The van der Waals surface area contributed by atoms with Crippen LogP contribution < -0.4 is 5.48 Å². The van der Waals surface area contributed by atoms with Crippen LogP contribution in [0.3, 0.4) is 0 Å². The minimum absolute atomic E-state index is 0.256. The van der Waals surface area contributed by atoms with Crippen LogP contribution in [-0.4, -0.2) is 26.7 Å². The summed E-state index contributed by atoms with van der Waals surface area (Å²) in [5.41, 5.74) is 3.47. The summed E-state index contributed by atoms with van der Waals surface area (Å²) in [6.45, 7) is 5.60. The normalized spacial score (nSPS) is 16.0. The largest absolute Gasteiger partial charge is 0.442 e. The molecule has 7 heteroatoms. The lowest BCUT2D eigenvalue weighted by atomic mass is 10.0. The number of amides is 1. The number of carbonyl (C=O) groups is 1. The highest BCUT2D eigenvalue weighted by atomic mass is 32.2. The summed E-state index contributed by atoms with van der Waals surface area (Å²) < 4.78 is 28.0. The number of hydroxylamine groups is 1. The van der Waals surface area contributed by atoms with E-state index in [-0.39, 0.29) is 17.8 Å². The van der Waals surface area contributed by atoms with Gasteiger partial charge in [-0.05, 0) is 57.1 Å². The Morgan fingerprint density at radius 1 is 1.33 bits per heavy atom. The van der Waals surface area contributed by atoms with Crippen LogP contribution in [0.5, 0.6) is 0 Å². The van der Waals surface area contributed by atoms with Crippen LogP contribution >= 0.6 is 0 Å². The number of carbonyl (C=O) groups excluding carboxylic acids is 1. The molecule has 6 nitrogen and oxygen atoms in total. The van der Waals surface area contributed by atoms with Gasteiger partial charge >= 0.3 is 6.09 Å². The average molecular weight is 355 g/mol. The van der Waals surface area contributed by atoms with Crippen LogP contribution in [0.1, 0.15) is 50.0 Å². The Labute approximate surface area is 144 Å². The van der Waals surface area contributed by atoms with E-state index in [1.165, 1.54) is 0 Å². The molecule has 1 aromatic rings. The zero-order chi connectivity index (χ0) is 17.7. The van der Waals surface area contributed by atoms with Crippen molar-refractivity contribution in [1.29, 1.82) is 0 Å². The van der Waals surface area contributed by atoms with Crippen LogP contribution in [0.4, 0.5) is 4.79 Å². The van der Waals surface area contributed by atoms with Crippen LogP contribution in [0, 0.1) is 5.92 Å². The number of nitrogens with one attached hydrogen (secondary N) is 1. The molecule has 2 rings (SSSR count). The average Bonchev–Trinajstić information content (AvgIpc) is 3.27. The number of ether oxygens (including phenoxy) is 1. The molecule has 0 aromatic heterocycles. The third-order valence-electron chi connectivity index (χ3n) is 3.64. The summed E-state index contributed by atoms with van der Waals surface area (Å²) >= 11 is 0. The maximum atomic E-state index is 11.5. The number of hydrogen-bond acceptors (Lipinski definition) is 5. The summed E-state index contributed by atoms with van der Waals surface area (Å²) in [7, 11) is -2.47. The minimum atomic E-state index is -2.47. The smallest absolute Gasteiger partial charge is 0.431 e. The van der Waals surface area contributed by atoms with E-state index in [9.17, 15) is 13.2 Å². The van der Waals surface area contributed by atoms with E-state index in [1.54, 1.807) is 20.8 Å². The Morgan fingerprint density at radius 2 is 2.04 bits per heavy atom. The van der Waals surface area contributed by atoms with Crippen molar-refractivity contribution in [1.82, 2.24) is 5.48 Å². The summed E-state index contributed by atoms with van der Waals surface area (Å²) in [6, 6.07) is 7.55. The molecule has 0 bridgehead atoms. The molecule has 1 saturated carbocycles. The summed E-state index contributed by atoms with van der Waals surface area (Å²) in [5, 5.41) is -0.388. The molecule has 1 atom stereocenters. The summed E-state index contributed by atoms with van der Waals surface area (Å²) in [5.74, 6) is 0.256. The van der Waals surface area contributed by atoms with Gasteiger partial charge in [0.15, 0.2) is 0 Å². The molecule has 1 aliphatic rings. The van der Waals surface area contributed by atoms with E-state index >= 15 is 0 Å². The maximum absolute atomic E-state index is 11.5. The fourth-order valence-electron chi connectivity index (χ4n) is 2.49. The van der Waals surface area contributed by atoms with Crippen molar-refractivity contribution >= 4 is 16.8 Å². The van der Waals surface area contributed by atoms with E-state index in [0.29, 0.717) is 6.42 Å². The molecule has 0 saturated heterocycles. The van der Waals surface area contributed by atoms with E-state index < -0.39 is 22.4 Å². The van der Waals surface area contributed by atoms with Gasteiger partial charge in [0.05, 0.1) is 11.9 Å². The van der Waals surface area contributed by atoms with Gasteiger partial charge in [-0.15, -0.1) is 0 Å². The molecular weight excluding hydrogens is 330 g/mol. The number of rotatable bonds is 7. The SMILES string of the molecule is CC(C)(C)OC(=O)NOCCc1cccc([C@@H](C2CC2)[SH](=O)=O)c1. The number of thiol groups is 1. The van der Waals surface area contributed by atoms with Crippen molar-refractivity contribution in [3.05, 3.63) is 35.4 Å². The van der Waals surface area contributed by atoms with Gasteiger partial charge in [0, 0.05) is 0 Å². The van der Waals surface area contributed by atoms with Crippen LogP contribution in [0.25, 0.3) is 0 Å². The van der Waals surface area contributed by atoms with E-state index in [2.05, 4.69) is 5.48 Å². The Balaban J connectivity index is 1.83. The molecule has 0 spiro atoms. The minimum Gasteiger partial charge on any atom is -0.442 e. The molecule has 1 aliphatic carbocycles. The van der Waals surface area contributed by atoms with Gasteiger partial charge in [0.1, 0.15) is 16.3 Å². The fraction of sp³-hybridized carbons (Fsp3) is 0.588. The number of hydrogen-bond donors (Lipinski definition) is 2. The standard InChI is InChI=1S/C17H25NO5S/c1-17(2,3)23-16(19)18-22-10-9-12-5-4-6-14(11-12)15(24(20)21)13-7-8-13/h4-6,11,13,15,24H,7-10H2,1-3H3,(H,18,19)/t15-/m1/s1. The molecule has 0 unspecified atom stereocenters. The second-order valence-electron chi connectivity index (χ2n) is 7.02. The predicted octanol–water partition coefficient (Wildman–Crippen LogP) is 2.75. The lowest BCUT2D eigenvalue weighted by Crippen LogP contribution is -2.33. The third-order valence-corrected chi connectivity index (χ3v) is 4.81. The topological polar surface area (TPSA) is 81.7 Å². The first-order valence-electron chi connectivity index (χ1n) is 8.09. The zero-order valence-corrected chi connectivity index (χ0v) is 15.2. The van der Waals surface area contributed by atoms with Crippen molar-refractivity contribution in [2.45, 2.75) is 50.9 Å².